The van der Waals surface area contributed by atoms with E-state index in [1.165, 1.54) is 12.1 Å². The maximum Gasteiger partial charge on any atom is 0.293 e. The topological polar surface area (TPSA) is 43.1 Å². The van der Waals surface area contributed by atoms with Crippen molar-refractivity contribution in [1.82, 2.24) is 0 Å². The summed E-state index contributed by atoms with van der Waals surface area (Å²) in [4.78, 5) is 10.3. The SMILES string of the molecule is NC(=O)C#Cc1cc(F)ccc1Cl. The van der Waals surface area contributed by atoms with Gasteiger partial charge in [-0.3, -0.25) is 4.79 Å². The Morgan fingerprint density at radius 2 is 2.23 bits per heavy atom. The lowest BCUT2D eigenvalue weighted by Crippen LogP contribution is -2.06. The van der Waals surface area contributed by atoms with Gasteiger partial charge in [0.1, 0.15) is 5.82 Å². The highest BCUT2D eigenvalue weighted by Crippen LogP contribution is 2.15. The predicted octanol–water partition coefficient (Wildman–Crippen LogP) is 1.32. The number of primary amides is 1. The van der Waals surface area contributed by atoms with Crippen LogP contribution >= 0.6 is 11.6 Å². The number of nitrogens with two attached hydrogens (primary N) is 1. The van der Waals surface area contributed by atoms with Crippen molar-refractivity contribution in [2.24, 2.45) is 5.73 Å². The van der Waals surface area contributed by atoms with Crippen molar-refractivity contribution in [3.05, 3.63) is 34.6 Å². The molecule has 1 rings (SSSR count). The molecule has 2 nitrogen and oxygen atoms in total. The van der Waals surface area contributed by atoms with Gasteiger partial charge in [-0.05, 0) is 18.2 Å². The van der Waals surface area contributed by atoms with Gasteiger partial charge in [-0.1, -0.05) is 17.5 Å². The molecule has 0 aromatic heterocycles. The van der Waals surface area contributed by atoms with Crippen LogP contribution in [0.15, 0.2) is 18.2 Å². The van der Waals surface area contributed by atoms with Gasteiger partial charge in [0, 0.05) is 11.5 Å². The summed E-state index contributed by atoms with van der Waals surface area (Å²) in [6.45, 7) is 0. The molecule has 0 aliphatic heterocycles. The molecule has 0 bridgehead atoms. The lowest BCUT2D eigenvalue weighted by atomic mass is 10.2. The first-order valence-electron chi connectivity index (χ1n) is 3.36. The van der Waals surface area contributed by atoms with Gasteiger partial charge in [-0.25, -0.2) is 4.39 Å². The van der Waals surface area contributed by atoms with E-state index in [1.807, 2.05) is 0 Å². The number of hydrogen-bond donors (Lipinski definition) is 1. The van der Waals surface area contributed by atoms with Crippen molar-refractivity contribution in [2.45, 2.75) is 0 Å². The fourth-order valence-corrected chi connectivity index (χ4v) is 0.887. The summed E-state index contributed by atoms with van der Waals surface area (Å²) >= 11 is 5.66. The van der Waals surface area contributed by atoms with E-state index in [4.69, 9.17) is 17.3 Å². The molecule has 4 heteroatoms. The van der Waals surface area contributed by atoms with E-state index in [1.54, 1.807) is 0 Å². The molecule has 0 radical (unpaired) electrons. The van der Waals surface area contributed by atoms with E-state index in [9.17, 15) is 9.18 Å². The number of rotatable bonds is 0. The van der Waals surface area contributed by atoms with Gasteiger partial charge in [0.25, 0.3) is 5.91 Å². The van der Waals surface area contributed by atoms with Gasteiger partial charge >= 0.3 is 0 Å². The fraction of sp³-hybridized carbons (Fsp3) is 0. The number of amides is 1. The molecule has 0 spiro atoms. The lowest BCUT2D eigenvalue weighted by molar-refractivity contribution is -0.112. The van der Waals surface area contributed by atoms with Crippen molar-refractivity contribution >= 4 is 17.5 Å². The molecule has 0 heterocycles. The molecular weight excluding hydrogens is 193 g/mol. The lowest BCUT2D eigenvalue weighted by Gasteiger charge is -1.94. The zero-order valence-corrected chi connectivity index (χ0v) is 7.23. The molecule has 1 amide bonds. The van der Waals surface area contributed by atoms with Gasteiger partial charge in [0.2, 0.25) is 0 Å². The molecule has 0 aliphatic carbocycles. The van der Waals surface area contributed by atoms with Crippen LogP contribution in [0, 0.1) is 17.7 Å². The molecule has 1 aromatic rings. The molecule has 66 valence electrons. The van der Waals surface area contributed by atoms with Crippen LogP contribution in [0.1, 0.15) is 5.56 Å². The van der Waals surface area contributed by atoms with E-state index < -0.39 is 11.7 Å². The van der Waals surface area contributed by atoms with Crippen molar-refractivity contribution in [2.75, 3.05) is 0 Å². The zero-order valence-electron chi connectivity index (χ0n) is 6.47. The number of carbonyl (C=O) groups is 1. The Labute approximate surface area is 79.5 Å². The smallest absolute Gasteiger partial charge is 0.293 e. The second kappa shape index (κ2) is 3.92. The zero-order chi connectivity index (χ0) is 9.84. The summed E-state index contributed by atoms with van der Waals surface area (Å²) in [5, 5.41) is 0.287. The minimum Gasteiger partial charge on any atom is -0.359 e. The van der Waals surface area contributed by atoms with Gasteiger partial charge in [0.05, 0.1) is 5.02 Å². The van der Waals surface area contributed by atoms with Gasteiger partial charge in [0.15, 0.2) is 0 Å². The minimum atomic E-state index is -0.777. The largest absolute Gasteiger partial charge is 0.359 e. The monoisotopic (exact) mass is 197 g/mol. The third-order valence-electron chi connectivity index (χ3n) is 1.25. The Hall–Kier alpha value is -1.53. The van der Waals surface area contributed by atoms with Crippen molar-refractivity contribution in [3.63, 3.8) is 0 Å². The first kappa shape index (κ1) is 9.56. The van der Waals surface area contributed by atoms with Crippen LogP contribution in [0.5, 0.6) is 0 Å². The predicted molar refractivity (Wildman–Crippen MR) is 47.5 cm³/mol. The molecule has 0 fully saturated rings. The van der Waals surface area contributed by atoms with Crippen molar-refractivity contribution in [3.8, 4) is 11.8 Å². The normalized spacial score (nSPS) is 8.77. The molecule has 0 aliphatic rings. The van der Waals surface area contributed by atoms with Gasteiger partial charge < -0.3 is 5.73 Å². The first-order chi connectivity index (χ1) is 6.09. The number of hydrogen-bond acceptors (Lipinski definition) is 1. The van der Waals surface area contributed by atoms with E-state index in [-0.39, 0.29) is 10.6 Å². The van der Waals surface area contributed by atoms with E-state index >= 15 is 0 Å². The van der Waals surface area contributed by atoms with Crippen LogP contribution in [0.25, 0.3) is 0 Å². The Morgan fingerprint density at radius 3 is 2.85 bits per heavy atom. The summed E-state index contributed by atoms with van der Waals surface area (Å²) in [6, 6.07) is 3.71. The molecule has 0 unspecified atom stereocenters. The van der Waals surface area contributed by atoms with Crippen LogP contribution in [0.4, 0.5) is 4.39 Å². The van der Waals surface area contributed by atoms with Crippen LogP contribution in [0.3, 0.4) is 0 Å². The third kappa shape index (κ3) is 2.77. The average Bonchev–Trinajstić information content (AvgIpc) is 2.06. The molecule has 1 aromatic carbocycles. The minimum absolute atomic E-state index is 0.250. The van der Waals surface area contributed by atoms with Crippen LogP contribution in [0.2, 0.25) is 5.02 Å². The second-order valence-corrected chi connectivity index (χ2v) is 2.65. The standard InChI is InChI=1S/C9H5ClFNO/c10-8-3-2-7(11)5-6(8)1-4-9(12)13/h2-3,5H,(H2,12,13). The Morgan fingerprint density at radius 1 is 1.54 bits per heavy atom. The Bertz CT molecular complexity index is 406. The van der Waals surface area contributed by atoms with E-state index in [2.05, 4.69) is 11.8 Å². The number of carbonyl (C=O) groups excluding carboxylic acids is 1. The van der Waals surface area contributed by atoms with Crippen LogP contribution < -0.4 is 5.73 Å². The fourth-order valence-electron chi connectivity index (χ4n) is 0.722. The Balaban J connectivity index is 3.09. The van der Waals surface area contributed by atoms with E-state index in [0.29, 0.717) is 0 Å². The van der Waals surface area contributed by atoms with Gasteiger partial charge in [-0.2, -0.15) is 0 Å². The molecular formula is C9H5ClFNO. The molecule has 0 saturated carbocycles. The van der Waals surface area contributed by atoms with Crippen LogP contribution in [-0.2, 0) is 4.79 Å². The first-order valence-corrected chi connectivity index (χ1v) is 3.74. The molecule has 13 heavy (non-hydrogen) atoms. The van der Waals surface area contributed by atoms with Crippen molar-refractivity contribution in [1.29, 1.82) is 0 Å². The highest BCUT2D eigenvalue weighted by molar-refractivity contribution is 6.31. The molecule has 2 N–H and O–H groups in total. The van der Waals surface area contributed by atoms with Gasteiger partial charge in [-0.15, -0.1) is 0 Å². The molecule has 0 saturated heterocycles. The quantitative estimate of drug-likeness (QED) is 0.627. The highest BCUT2D eigenvalue weighted by Gasteiger charge is 1.98. The van der Waals surface area contributed by atoms with Crippen LogP contribution in [-0.4, -0.2) is 5.91 Å². The number of benzene rings is 1. The maximum atomic E-state index is 12.6. The summed E-state index contributed by atoms with van der Waals surface area (Å²) in [7, 11) is 0. The third-order valence-corrected chi connectivity index (χ3v) is 1.58. The second-order valence-electron chi connectivity index (χ2n) is 2.24. The summed E-state index contributed by atoms with van der Waals surface area (Å²) in [6.07, 6.45) is 0. The van der Waals surface area contributed by atoms with Crippen molar-refractivity contribution < 1.29 is 9.18 Å². The highest BCUT2D eigenvalue weighted by atomic mass is 35.5. The summed E-state index contributed by atoms with van der Waals surface area (Å²) in [5.41, 5.74) is 5.03. The number of halogens is 2. The average molecular weight is 198 g/mol. The maximum absolute atomic E-state index is 12.6. The summed E-state index contributed by atoms with van der Waals surface area (Å²) < 4.78 is 12.6. The summed E-state index contributed by atoms with van der Waals surface area (Å²) in [5.74, 6) is 3.19. The Kier molecular flexibility index (Phi) is 2.88. The van der Waals surface area contributed by atoms with E-state index in [0.717, 1.165) is 6.07 Å². The molecule has 0 atom stereocenters.